The smallest absolute Gasteiger partial charge is 1.00 e. The monoisotopic (exact) mass is 522 g/mol. The van der Waals surface area contributed by atoms with E-state index in [0.717, 1.165) is 6.42 Å². The first-order valence-corrected chi connectivity index (χ1v) is 9.94. The van der Waals surface area contributed by atoms with Crippen molar-refractivity contribution in [1.29, 1.82) is 0 Å². The Morgan fingerprint density at radius 2 is 1.26 bits per heavy atom. The summed E-state index contributed by atoms with van der Waals surface area (Å²) in [6.45, 7) is 6.77. The molecule has 0 bridgehead atoms. The van der Waals surface area contributed by atoms with Gasteiger partial charge in [-0.2, -0.15) is 17.7 Å². The summed E-state index contributed by atoms with van der Waals surface area (Å²) < 4.78 is 0. The molecule has 0 nitrogen and oxygen atoms in total. The van der Waals surface area contributed by atoms with E-state index in [2.05, 4.69) is 118 Å². The zero-order chi connectivity index (χ0) is 19.6. The minimum Gasteiger partial charge on any atom is -1.00 e. The number of halogens is 2. The molecule has 0 heterocycles. The largest absolute Gasteiger partial charge is 4.00 e. The van der Waals surface area contributed by atoms with Crippen molar-refractivity contribution >= 4 is 27.1 Å². The van der Waals surface area contributed by atoms with Crippen LogP contribution in [-0.2, 0) is 31.6 Å². The van der Waals surface area contributed by atoms with Crippen LogP contribution in [0.2, 0.25) is 0 Å². The van der Waals surface area contributed by atoms with E-state index in [4.69, 9.17) is 0 Å². The Hall–Kier alpha value is -1.53. The molecule has 5 rings (SSSR count). The van der Waals surface area contributed by atoms with Crippen LogP contribution in [0.5, 0.6) is 0 Å². The van der Waals surface area contributed by atoms with Gasteiger partial charge in [-0.15, -0.1) is 57.4 Å². The van der Waals surface area contributed by atoms with E-state index < -0.39 is 0 Å². The molecule has 4 aromatic rings. The maximum Gasteiger partial charge on any atom is 4.00 e. The predicted octanol–water partition coefficient (Wildman–Crippen LogP) is 1.85. The summed E-state index contributed by atoms with van der Waals surface area (Å²) in [5, 5.41) is 5.39. The van der Waals surface area contributed by atoms with E-state index in [1.54, 1.807) is 0 Å². The fourth-order valence-corrected chi connectivity index (χ4v) is 3.87. The molecular formula is C28H26Cl2Zr. The van der Waals surface area contributed by atoms with Crippen molar-refractivity contribution < 1.29 is 51.0 Å². The molecule has 0 amide bonds. The van der Waals surface area contributed by atoms with E-state index >= 15 is 0 Å². The van der Waals surface area contributed by atoms with E-state index in [-0.39, 0.29) is 56.4 Å². The van der Waals surface area contributed by atoms with Crippen molar-refractivity contribution in [3.05, 3.63) is 108 Å². The van der Waals surface area contributed by atoms with Gasteiger partial charge in [0.2, 0.25) is 0 Å². The Morgan fingerprint density at radius 3 is 1.77 bits per heavy atom. The molecule has 0 fully saturated rings. The van der Waals surface area contributed by atoms with Crippen LogP contribution >= 0.6 is 0 Å². The fraction of sp³-hybridized carbons (Fsp3) is 0.179. The zero-order valence-electron chi connectivity index (χ0n) is 18.1. The Kier molecular flexibility index (Phi) is 10.6. The standard InChI is InChI=1S/C15H17.C13H9.2ClH.Zr/c1-15(2,3)14-11-7-6-10-13(14)12-8-4-5-9-12;1-3-7-12-10(5-1)9-11-6-2-4-8-13(11)12;;;/h4,6-8,10-11H,5H2,1-3H3;1-9H;2*1H;/q2*-1;;;+4/p-2. The third-order valence-corrected chi connectivity index (χ3v) is 5.24. The Bertz CT molecular complexity index is 1130. The van der Waals surface area contributed by atoms with Crippen LogP contribution in [-0.4, -0.2) is 0 Å². The molecule has 0 unspecified atom stereocenters. The van der Waals surface area contributed by atoms with Crippen molar-refractivity contribution in [2.75, 3.05) is 0 Å². The van der Waals surface area contributed by atoms with Gasteiger partial charge in [0.1, 0.15) is 0 Å². The van der Waals surface area contributed by atoms with Gasteiger partial charge in [-0.05, 0) is 5.41 Å². The first-order chi connectivity index (χ1) is 13.5. The van der Waals surface area contributed by atoms with Crippen LogP contribution in [0.4, 0.5) is 0 Å². The topological polar surface area (TPSA) is 0 Å². The van der Waals surface area contributed by atoms with Gasteiger partial charge in [0.15, 0.2) is 0 Å². The van der Waals surface area contributed by atoms with Crippen LogP contribution in [0.1, 0.15) is 38.3 Å². The van der Waals surface area contributed by atoms with Gasteiger partial charge in [0, 0.05) is 0 Å². The molecule has 156 valence electrons. The molecule has 31 heavy (non-hydrogen) atoms. The van der Waals surface area contributed by atoms with E-state index in [9.17, 15) is 0 Å². The van der Waals surface area contributed by atoms with Gasteiger partial charge in [-0.1, -0.05) is 87.4 Å². The van der Waals surface area contributed by atoms with Crippen molar-refractivity contribution in [2.24, 2.45) is 0 Å². The van der Waals surface area contributed by atoms with Crippen LogP contribution < -0.4 is 24.8 Å². The van der Waals surface area contributed by atoms with E-state index in [1.807, 2.05) is 0 Å². The quantitative estimate of drug-likeness (QED) is 0.334. The van der Waals surface area contributed by atoms with Crippen LogP contribution in [0.25, 0.3) is 27.1 Å². The predicted molar refractivity (Wildman–Crippen MR) is 123 cm³/mol. The third kappa shape index (κ3) is 6.26. The molecule has 1 aliphatic rings. The minimum atomic E-state index is 0. The molecule has 0 aromatic heterocycles. The van der Waals surface area contributed by atoms with E-state index in [0.29, 0.717) is 0 Å². The summed E-state index contributed by atoms with van der Waals surface area (Å²) >= 11 is 0. The number of allylic oxidation sites excluding steroid dienone is 4. The number of hydrogen-bond donors (Lipinski definition) is 0. The Balaban J connectivity index is 0.000000284. The van der Waals surface area contributed by atoms with Crippen molar-refractivity contribution in [3.63, 3.8) is 0 Å². The first-order valence-electron chi connectivity index (χ1n) is 9.94. The van der Waals surface area contributed by atoms with Crippen molar-refractivity contribution in [3.8, 4) is 0 Å². The summed E-state index contributed by atoms with van der Waals surface area (Å²) in [6.07, 6.45) is 8.68. The van der Waals surface area contributed by atoms with Gasteiger partial charge < -0.3 is 24.8 Å². The Morgan fingerprint density at radius 1 is 0.742 bits per heavy atom. The average Bonchev–Trinajstić information content (AvgIpc) is 3.36. The van der Waals surface area contributed by atoms with Gasteiger partial charge in [0.05, 0.1) is 0 Å². The number of fused-ring (bicyclic) bond motifs is 3. The molecule has 0 atom stereocenters. The van der Waals surface area contributed by atoms with E-state index in [1.165, 1.54) is 38.2 Å². The second kappa shape index (κ2) is 11.9. The Labute approximate surface area is 217 Å². The molecule has 0 saturated carbocycles. The zero-order valence-corrected chi connectivity index (χ0v) is 22.1. The second-order valence-corrected chi connectivity index (χ2v) is 8.31. The molecule has 0 spiro atoms. The first kappa shape index (κ1) is 27.5. The maximum atomic E-state index is 3.39. The molecule has 0 N–H and O–H groups in total. The minimum absolute atomic E-state index is 0. The summed E-state index contributed by atoms with van der Waals surface area (Å²) in [7, 11) is 0. The normalized spacial score (nSPS) is 12.2. The molecule has 0 saturated heterocycles. The van der Waals surface area contributed by atoms with Crippen LogP contribution in [0.15, 0.2) is 91.0 Å². The second-order valence-electron chi connectivity index (χ2n) is 8.31. The molecule has 4 aromatic carbocycles. The van der Waals surface area contributed by atoms with Crippen LogP contribution in [0.3, 0.4) is 0 Å². The van der Waals surface area contributed by atoms with Crippen molar-refractivity contribution in [2.45, 2.75) is 32.6 Å². The van der Waals surface area contributed by atoms with Gasteiger partial charge in [-0.3, -0.25) is 0 Å². The molecule has 0 aliphatic heterocycles. The number of benzene rings is 3. The third-order valence-electron chi connectivity index (χ3n) is 5.24. The fourth-order valence-electron chi connectivity index (χ4n) is 3.87. The van der Waals surface area contributed by atoms with Gasteiger partial charge in [0.25, 0.3) is 0 Å². The van der Waals surface area contributed by atoms with Crippen LogP contribution in [0, 0.1) is 6.08 Å². The summed E-state index contributed by atoms with van der Waals surface area (Å²) in [5.74, 6) is 0. The summed E-state index contributed by atoms with van der Waals surface area (Å²) in [6, 6.07) is 27.9. The molecular weight excluding hydrogens is 498 g/mol. The summed E-state index contributed by atoms with van der Waals surface area (Å²) in [4.78, 5) is 0. The maximum absolute atomic E-state index is 3.39. The summed E-state index contributed by atoms with van der Waals surface area (Å²) in [5.41, 5.74) is 4.18. The average molecular weight is 525 g/mol. The van der Waals surface area contributed by atoms with Gasteiger partial charge >= 0.3 is 26.2 Å². The van der Waals surface area contributed by atoms with Gasteiger partial charge in [-0.25, -0.2) is 0 Å². The van der Waals surface area contributed by atoms with Crippen molar-refractivity contribution in [1.82, 2.24) is 0 Å². The number of hydrogen-bond acceptors (Lipinski definition) is 0. The number of rotatable bonds is 1. The SMILES string of the molecule is CC(C)(C)c1ccccc1C1=[C-]CC=C1.[Cl-].[Cl-].[Zr+4].c1ccc2c(c1)[cH-]c1ccccc12. The molecule has 1 aliphatic carbocycles. The molecule has 3 heteroatoms. The molecule has 0 radical (unpaired) electrons.